The summed E-state index contributed by atoms with van der Waals surface area (Å²) in [5, 5.41) is 9.40. The average Bonchev–Trinajstić information content (AvgIpc) is 2.63. The molecule has 102 valence electrons. The number of sulfonamides is 1. The highest BCUT2D eigenvalue weighted by molar-refractivity contribution is 9.11. The molecule has 0 aromatic carbocycles. The molecule has 1 aliphatic rings. The van der Waals surface area contributed by atoms with E-state index in [-0.39, 0.29) is 12.1 Å². The van der Waals surface area contributed by atoms with Gasteiger partial charge < -0.3 is 5.11 Å². The maximum absolute atomic E-state index is 12.2. The summed E-state index contributed by atoms with van der Waals surface area (Å²) in [6, 6.07) is 1.62. The molecule has 0 atom stereocenters. The van der Waals surface area contributed by atoms with E-state index in [2.05, 4.69) is 20.7 Å². The maximum Gasteiger partial charge on any atom is 0.250 e. The Kier molecular flexibility index (Phi) is 4.48. The van der Waals surface area contributed by atoms with Gasteiger partial charge in [-0.15, -0.1) is 11.3 Å². The number of aryl methyl sites for hydroxylation is 1. The molecule has 1 heterocycles. The van der Waals surface area contributed by atoms with Crippen LogP contribution in [0.3, 0.4) is 0 Å². The van der Waals surface area contributed by atoms with Crippen LogP contribution < -0.4 is 4.72 Å². The monoisotopic (exact) mass is 353 g/mol. The Hall–Kier alpha value is 0.0500. The van der Waals surface area contributed by atoms with E-state index in [1.165, 1.54) is 11.3 Å². The SMILES string of the molecule is Cc1cc(S(=O)(=O)NC2CCC(O)CC2)sc1Br. The summed E-state index contributed by atoms with van der Waals surface area (Å²) >= 11 is 4.56. The summed E-state index contributed by atoms with van der Waals surface area (Å²) in [4.78, 5) is 0. The van der Waals surface area contributed by atoms with E-state index in [4.69, 9.17) is 0 Å². The quantitative estimate of drug-likeness (QED) is 0.876. The highest BCUT2D eigenvalue weighted by Gasteiger charge is 2.26. The van der Waals surface area contributed by atoms with Crippen molar-refractivity contribution in [2.24, 2.45) is 0 Å². The van der Waals surface area contributed by atoms with Gasteiger partial charge in [0, 0.05) is 6.04 Å². The van der Waals surface area contributed by atoms with Crippen molar-refractivity contribution in [3.63, 3.8) is 0 Å². The highest BCUT2D eigenvalue weighted by atomic mass is 79.9. The van der Waals surface area contributed by atoms with E-state index in [0.717, 1.165) is 9.35 Å². The molecule has 0 amide bonds. The lowest BCUT2D eigenvalue weighted by molar-refractivity contribution is 0.120. The zero-order valence-electron chi connectivity index (χ0n) is 10.0. The smallest absolute Gasteiger partial charge is 0.250 e. The minimum absolute atomic E-state index is 0.0559. The third kappa shape index (κ3) is 3.33. The van der Waals surface area contributed by atoms with Crippen molar-refractivity contribution in [3.05, 3.63) is 15.4 Å². The standard InChI is InChI=1S/C11H16BrNO3S2/c1-7-6-10(17-11(7)12)18(15,16)13-8-2-4-9(14)5-3-8/h6,8-9,13-14H,2-5H2,1H3. The van der Waals surface area contributed by atoms with Gasteiger partial charge in [-0.25, -0.2) is 13.1 Å². The zero-order valence-corrected chi connectivity index (χ0v) is 13.2. The topological polar surface area (TPSA) is 66.4 Å². The van der Waals surface area contributed by atoms with Crippen LogP contribution in [0.15, 0.2) is 14.1 Å². The molecule has 1 saturated carbocycles. The third-order valence-electron chi connectivity index (χ3n) is 3.12. The van der Waals surface area contributed by atoms with Crippen LogP contribution in [0, 0.1) is 6.92 Å². The fourth-order valence-corrected chi connectivity index (χ4v) is 5.58. The van der Waals surface area contributed by atoms with Crippen LogP contribution in [0.25, 0.3) is 0 Å². The first kappa shape index (κ1) is 14.5. The molecule has 1 aliphatic carbocycles. The Balaban J connectivity index is 2.08. The number of thiophene rings is 1. The van der Waals surface area contributed by atoms with Gasteiger partial charge in [0.15, 0.2) is 0 Å². The van der Waals surface area contributed by atoms with Gasteiger partial charge in [-0.1, -0.05) is 0 Å². The number of hydrogen-bond donors (Lipinski definition) is 2. The second-order valence-electron chi connectivity index (χ2n) is 4.65. The minimum Gasteiger partial charge on any atom is -0.393 e. The molecule has 0 radical (unpaired) electrons. The molecule has 0 aliphatic heterocycles. The Bertz CT molecular complexity index is 499. The van der Waals surface area contributed by atoms with Gasteiger partial charge in [-0.05, 0) is 60.2 Å². The Labute approximate surface area is 120 Å². The molecule has 0 saturated heterocycles. The third-order valence-corrected chi connectivity index (χ3v) is 7.25. The summed E-state index contributed by atoms with van der Waals surface area (Å²) < 4.78 is 28.2. The maximum atomic E-state index is 12.2. The summed E-state index contributed by atoms with van der Waals surface area (Å²) in [6.45, 7) is 1.87. The number of aliphatic hydroxyl groups is 1. The molecule has 7 heteroatoms. The molecule has 0 bridgehead atoms. The van der Waals surface area contributed by atoms with Gasteiger partial charge in [0.25, 0.3) is 0 Å². The van der Waals surface area contributed by atoms with E-state index in [1.54, 1.807) is 6.07 Å². The predicted molar refractivity (Wildman–Crippen MR) is 75.3 cm³/mol. The molecule has 4 nitrogen and oxygen atoms in total. The lowest BCUT2D eigenvalue weighted by Crippen LogP contribution is -2.38. The molecule has 0 unspecified atom stereocenters. The number of rotatable bonds is 3. The minimum atomic E-state index is -3.42. The van der Waals surface area contributed by atoms with Gasteiger partial charge in [-0.2, -0.15) is 0 Å². The van der Waals surface area contributed by atoms with Crippen LogP contribution in [0.1, 0.15) is 31.2 Å². The van der Waals surface area contributed by atoms with Crippen molar-refractivity contribution in [3.8, 4) is 0 Å². The summed E-state index contributed by atoms with van der Waals surface area (Å²) in [5.41, 5.74) is 0.930. The first-order valence-electron chi connectivity index (χ1n) is 5.85. The van der Waals surface area contributed by atoms with Crippen LogP contribution in [-0.2, 0) is 10.0 Å². The van der Waals surface area contributed by atoms with Gasteiger partial charge >= 0.3 is 0 Å². The van der Waals surface area contributed by atoms with Crippen molar-refractivity contribution in [1.29, 1.82) is 0 Å². The first-order chi connectivity index (χ1) is 8.38. The zero-order chi connectivity index (χ0) is 13.3. The van der Waals surface area contributed by atoms with Gasteiger partial charge in [0.05, 0.1) is 9.89 Å². The number of aliphatic hydroxyl groups excluding tert-OH is 1. The van der Waals surface area contributed by atoms with Crippen LogP contribution in [0.5, 0.6) is 0 Å². The molecule has 0 spiro atoms. The van der Waals surface area contributed by atoms with Gasteiger partial charge in [0.2, 0.25) is 10.0 Å². The molecular formula is C11H16BrNO3S2. The lowest BCUT2D eigenvalue weighted by atomic mass is 9.94. The van der Waals surface area contributed by atoms with E-state index >= 15 is 0 Å². The second-order valence-corrected chi connectivity index (χ2v) is 8.96. The molecule has 1 aromatic rings. The average molecular weight is 354 g/mol. The molecular weight excluding hydrogens is 338 g/mol. The van der Waals surface area contributed by atoms with Crippen LogP contribution in [-0.4, -0.2) is 25.7 Å². The second kappa shape index (κ2) is 5.58. The Morgan fingerprint density at radius 2 is 2.00 bits per heavy atom. The van der Waals surface area contributed by atoms with E-state index in [1.807, 2.05) is 6.92 Å². The number of hydrogen-bond acceptors (Lipinski definition) is 4. The Morgan fingerprint density at radius 3 is 2.50 bits per heavy atom. The molecule has 2 N–H and O–H groups in total. The lowest BCUT2D eigenvalue weighted by Gasteiger charge is -2.25. The number of nitrogens with one attached hydrogen (secondary N) is 1. The van der Waals surface area contributed by atoms with Crippen molar-refractivity contribution >= 4 is 37.3 Å². The first-order valence-corrected chi connectivity index (χ1v) is 8.94. The predicted octanol–water partition coefficient (Wildman–Crippen LogP) is 2.40. The summed E-state index contributed by atoms with van der Waals surface area (Å²) in [7, 11) is -3.42. The van der Waals surface area contributed by atoms with Gasteiger partial charge in [-0.3, -0.25) is 0 Å². The van der Waals surface area contributed by atoms with E-state index in [0.29, 0.717) is 29.9 Å². The van der Waals surface area contributed by atoms with Crippen molar-refractivity contribution in [1.82, 2.24) is 4.72 Å². The molecule has 1 fully saturated rings. The molecule has 1 aromatic heterocycles. The summed E-state index contributed by atoms with van der Waals surface area (Å²) in [5.74, 6) is 0. The highest BCUT2D eigenvalue weighted by Crippen LogP contribution is 2.31. The van der Waals surface area contributed by atoms with E-state index < -0.39 is 10.0 Å². The van der Waals surface area contributed by atoms with Crippen LogP contribution in [0.4, 0.5) is 0 Å². The van der Waals surface area contributed by atoms with E-state index in [9.17, 15) is 13.5 Å². The largest absolute Gasteiger partial charge is 0.393 e. The van der Waals surface area contributed by atoms with Gasteiger partial charge in [0.1, 0.15) is 4.21 Å². The fourth-order valence-electron chi connectivity index (χ4n) is 2.04. The normalized spacial score (nSPS) is 25.3. The molecule has 2 rings (SSSR count). The number of halogens is 1. The Morgan fingerprint density at radius 1 is 1.39 bits per heavy atom. The van der Waals surface area contributed by atoms with Crippen molar-refractivity contribution in [2.45, 2.75) is 49.0 Å². The van der Waals surface area contributed by atoms with Crippen molar-refractivity contribution in [2.75, 3.05) is 0 Å². The van der Waals surface area contributed by atoms with Crippen LogP contribution >= 0.6 is 27.3 Å². The van der Waals surface area contributed by atoms with Crippen molar-refractivity contribution < 1.29 is 13.5 Å². The molecule has 18 heavy (non-hydrogen) atoms. The van der Waals surface area contributed by atoms with Crippen LogP contribution in [0.2, 0.25) is 0 Å². The summed E-state index contributed by atoms with van der Waals surface area (Å²) in [6.07, 6.45) is 2.46. The fraction of sp³-hybridized carbons (Fsp3) is 0.636.